The minimum absolute atomic E-state index is 0.0180. The summed E-state index contributed by atoms with van der Waals surface area (Å²) < 4.78 is 6.14. The number of esters is 1. The first-order chi connectivity index (χ1) is 8.86. The lowest BCUT2D eigenvalue weighted by molar-refractivity contribution is 0.0169. The Morgan fingerprint density at radius 2 is 1.95 bits per heavy atom. The van der Waals surface area contributed by atoms with E-state index in [1.807, 2.05) is 43.4 Å². The Balaban J connectivity index is 3.03. The van der Waals surface area contributed by atoms with Crippen LogP contribution in [0.4, 0.5) is 0 Å². The van der Waals surface area contributed by atoms with Crippen LogP contribution in [0.25, 0.3) is 0 Å². The van der Waals surface area contributed by atoms with Crippen LogP contribution in [0.1, 0.15) is 47.9 Å². The standard InChI is InChI=1S/C14H17IO4/c1-4-12(8(2)3)19-14(18)10-6-5-9(15)7-11(10)13(16)17/h5-8,12H,4H2,1-3H3,(H,16,17). The van der Waals surface area contributed by atoms with Gasteiger partial charge in [0.25, 0.3) is 0 Å². The number of benzene rings is 1. The zero-order valence-corrected chi connectivity index (χ0v) is 13.3. The molecule has 1 rings (SSSR count). The van der Waals surface area contributed by atoms with Crippen LogP contribution in [0, 0.1) is 9.49 Å². The van der Waals surface area contributed by atoms with E-state index in [1.54, 1.807) is 6.07 Å². The Morgan fingerprint density at radius 1 is 1.32 bits per heavy atom. The molecule has 0 aliphatic rings. The van der Waals surface area contributed by atoms with Crippen molar-refractivity contribution in [2.24, 2.45) is 5.92 Å². The average molecular weight is 376 g/mol. The monoisotopic (exact) mass is 376 g/mol. The number of carbonyl (C=O) groups is 2. The van der Waals surface area contributed by atoms with Gasteiger partial charge in [-0.05, 0) is 53.1 Å². The van der Waals surface area contributed by atoms with Crippen LogP contribution in [0.3, 0.4) is 0 Å². The van der Waals surface area contributed by atoms with Gasteiger partial charge >= 0.3 is 11.9 Å². The van der Waals surface area contributed by atoms with Gasteiger partial charge < -0.3 is 9.84 Å². The zero-order chi connectivity index (χ0) is 14.6. The fraction of sp³-hybridized carbons (Fsp3) is 0.429. The molecule has 1 N–H and O–H groups in total. The first-order valence-corrected chi connectivity index (χ1v) is 7.18. The normalized spacial score (nSPS) is 12.3. The fourth-order valence-corrected chi connectivity index (χ4v) is 2.25. The predicted octanol–water partition coefficient (Wildman–Crippen LogP) is 3.58. The molecule has 5 heteroatoms. The van der Waals surface area contributed by atoms with Gasteiger partial charge in [0.15, 0.2) is 0 Å². The summed E-state index contributed by atoms with van der Waals surface area (Å²) in [5.41, 5.74) is 0.0857. The van der Waals surface area contributed by atoms with Crippen molar-refractivity contribution in [3.05, 3.63) is 32.9 Å². The van der Waals surface area contributed by atoms with Crippen LogP contribution in [-0.2, 0) is 4.74 Å². The number of hydrogen-bond donors (Lipinski definition) is 1. The highest BCUT2D eigenvalue weighted by atomic mass is 127. The van der Waals surface area contributed by atoms with Crippen LogP contribution in [0.5, 0.6) is 0 Å². The molecule has 0 amide bonds. The largest absolute Gasteiger partial charge is 0.478 e. The number of carboxylic acid groups (broad SMARTS) is 1. The Kier molecular flexibility index (Phi) is 5.78. The van der Waals surface area contributed by atoms with Crippen molar-refractivity contribution in [3.8, 4) is 0 Å². The number of rotatable bonds is 5. The Labute approximate surface area is 126 Å². The number of hydrogen-bond acceptors (Lipinski definition) is 3. The van der Waals surface area contributed by atoms with E-state index in [0.29, 0.717) is 6.42 Å². The highest BCUT2D eigenvalue weighted by molar-refractivity contribution is 14.1. The number of ether oxygens (including phenoxy) is 1. The second kappa shape index (κ2) is 6.88. The highest BCUT2D eigenvalue weighted by Gasteiger charge is 2.22. The molecule has 104 valence electrons. The van der Waals surface area contributed by atoms with Gasteiger partial charge in [-0.2, -0.15) is 0 Å². The molecular weight excluding hydrogens is 359 g/mol. The molecule has 4 nitrogen and oxygen atoms in total. The van der Waals surface area contributed by atoms with E-state index in [-0.39, 0.29) is 23.1 Å². The lowest BCUT2D eigenvalue weighted by Crippen LogP contribution is -2.24. The second-order valence-corrected chi connectivity index (χ2v) is 5.84. The molecule has 0 saturated carbocycles. The summed E-state index contributed by atoms with van der Waals surface area (Å²) in [6, 6.07) is 4.66. The van der Waals surface area contributed by atoms with Crippen molar-refractivity contribution < 1.29 is 19.4 Å². The van der Waals surface area contributed by atoms with Gasteiger partial charge in [-0.3, -0.25) is 0 Å². The van der Waals surface area contributed by atoms with Gasteiger partial charge in [-0.15, -0.1) is 0 Å². The molecule has 1 aromatic rings. The highest BCUT2D eigenvalue weighted by Crippen LogP contribution is 2.18. The number of halogens is 1. The van der Waals surface area contributed by atoms with E-state index in [0.717, 1.165) is 3.57 Å². The van der Waals surface area contributed by atoms with Gasteiger partial charge in [-0.25, -0.2) is 9.59 Å². The maximum absolute atomic E-state index is 12.1. The van der Waals surface area contributed by atoms with Crippen LogP contribution in [-0.4, -0.2) is 23.1 Å². The molecule has 1 aromatic carbocycles. The average Bonchev–Trinajstić information content (AvgIpc) is 2.34. The van der Waals surface area contributed by atoms with Crippen molar-refractivity contribution in [1.29, 1.82) is 0 Å². The fourth-order valence-electron chi connectivity index (χ4n) is 1.76. The Morgan fingerprint density at radius 3 is 2.42 bits per heavy atom. The van der Waals surface area contributed by atoms with E-state index >= 15 is 0 Å². The molecule has 0 spiro atoms. The van der Waals surface area contributed by atoms with Crippen LogP contribution in [0.15, 0.2) is 18.2 Å². The van der Waals surface area contributed by atoms with Crippen LogP contribution < -0.4 is 0 Å². The second-order valence-electron chi connectivity index (χ2n) is 4.59. The van der Waals surface area contributed by atoms with Crippen LogP contribution >= 0.6 is 22.6 Å². The molecule has 0 saturated heterocycles. The van der Waals surface area contributed by atoms with E-state index < -0.39 is 11.9 Å². The molecular formula is C14H17IO4. The molecule has 0 fully saturated rings. The van der Waals surface area contributed by atoms with Gasteiger partial charge in [0, 0.05) is 3.57 Å². The van der Waals surface area contributed by atoms with Gasteiger partial charge in [0.2, 0.25) is 0 Å². The lowest BCUT2D eigenvalue weighted by atomic mass is 10.0. The molecule has 0 bridgehead atoms. The third kappa shape index (κ3) is 4.19. The van der Waals surface area contributed by atoms with Crippen molar-refractivity contribution >= 4 is 34.5 Å². The molecule has 0 radical (unpaired) electrons. The number of aromatic carboxylic acids is 1. The van der Waals surface area contributed by atoms with Gasteiger partial charge in [0.1, 0.15) is 6.10 Å². The van der Waals surface area contributed by atoms with E-state index in [9.17, 15) is 9.59 Å². The summed E-state index contributed by atoms with van der Waals surface area (Å²) in [6.07, 6.45) is 0.504. The molecule has 0 heterocycles. The SMILES string of the molecule is CCC(OC(=O)c1ccc(I)cc1C(=O)O)C(C)C. The van der Waals surface area contributed by atoms with E-state index in [1.165, 1.54) is 12.1 Å². The van der Waals surface area contributed by atoms with Gasteiger partial charge in [-0.1, -0.05) is 20.8 Å². The molecule has 1 atom stereocenters. The first-order valence-electron chi connectivity index (χ1n) is 6.10. The topological polar surface area (TPSA) is 63.6 Å². The smallest absolute Gasteiger partial charge is 0.339 e. The van der Waals surface area contributed by atoms with Crippen molar-refractivity contribution in [1.82, 2.24) is 0 Å². The molecule has 0 aliphatic heterocycles. The number of carbonyl (C=O) groups excluding carboxylic acids is 1. The molecule has 19 heavy (non-hydrogen) atoms. The summed E-state index contributed by atoms with van der Waals surface area (Å²) in [7, 11) is 0. The molecule has 1 unspecified atom stereocenters. The maximum atomic E-state index is 12.1. The lowest BCUT2D eigenvalue weighted by Gasteiger charge is -2.20. The van der Waals surface area contributed by atoms with E-state index in [2.05, 4.69) is 0 Å². The summed E-state index contributed by atoms with van der Waals surface area (Å²) in [6.45, 7) is 5.87. The summed E-state index contributed by atoms with van der Waals surface area (Å²) >= 11 is 2.01. The maximum Gasteiger partial charge on any atom is 0.339 e. The minimum atomic E-state index is -1.12. The summed E-state index contributed by atoms with van der Waals surface area (Å²) in [5, 5.41) is 9.13. The third-order valence-corrected chi connectivity index (χ3v) is 3.51. The Hall–Kier alpha value is -1.11. The van der Waals surface area contributed by atoms with E-state index in [4.69, 9.17) is 9.84 Å². The van der Waals surface area contributed by atoms with Crippen molar-refractivity contribution in [2.45, 2.75) is 33.3 Å². The van der Waals surface area contributed by atoms with Crippen molar-refractivity contribution in [3.63, 3.8) is 0 Å². The first kappa shape index (κ1) is 15.9. The molecule has 0 aromatic heterocycles. The Bertz CT molecular complexity index is 482. The van der Waals surface area contributed by atoms with Gasteiger partial charge in [0.05, 0.1) is 11.1 Å². The van der Waals surface area contributed by atoms with Crippen LogP contribution in [0.2, 0.25) is 0 Å². The molecule has 0 aliphatic carbocycles. The van der Waals surface area contributed by atoms with Crippen molar-refractivity contribution in [2.75, 3.05) is 0 Å². The number of carboxylic acids is 1. The summed E-state index contributed by atoms with van der Waals surface area (Å²) in [4.78, 5) is 23.2. The predicted molar refractivity (Wildman–Crippen MR) is 80.5 cm³/mol. The zero-order valence-electron chi connectivity index (χ0n) is 11.1. The quantitative estimate of drug-likeness (QED) is 0.630. The third-order valence-electron chi connectivity index (χ3n) is 2.84. The minimum Gasteiger partial charge on any atom is -0.478 e. The summed E-state index contributed by atoms with van der Waals surface area (Å²) in [5.74, 6) is -1.50.